The van der Waals surface area contributed by atoms with Gasteiger partial charge in [0.25, 0.3) is 0 Å². The second-order valence-electron chi connectivity index (χ2n) is 4.88. The average Bonchev–Trinajstić information content (AvgIpc) is 2.55. The molecule has 2 aromatic carbocycles. The highest BCUT2D eigenvalue weighted by atomic mass is 16.2. The van der Waals surface area contributed by atoms with E-state index in [-0.39, 0.29) is 24.2 Å². The van der Waals surface area contributed by atoms with Crippen molar-refractivity contribution in [3.05, 3.63) is 71.8 Å². The second kappa shape index (κ2) is 7.39. The van der Waals surface area contributed by atoms with Gasteiger partial charge in [-0.2, -0.15) is 0 Å². The van der Waals surface area contributed by atoms with E-state index in [1.54, 1.807) is 12.1 Å². The quantitative estimate of drug-likeness (QED) is 0.827. The molecule has 0 saturated heterocycles. The number of benzene rings is 2. The lowest BCUT2D eigenvalue weighted by atomic mass is 9.95. The van der Waals surface area contributed by atoms with Crippen molar-refractivity contribution < 1.29 is 9.59 Å². The van der Waals surface area contributed by atoms with Crippen LogP contribution in [0.5, 0.6) is 0 Å². The van der Waals surface area contributed by atoms with Gasteiger partial charge in [-0.05, 0) is 12.0 Å². The van der Waals surface area contributed by atoms with Crippen LogP contribution in [0.4, 0.5) is 0 Å². The molecule has 0 aliphatic carbocycles. The lowest BCUT2D eigenvalue weighted by Gasteiger charge is -2.15. The molecule has 2 rings (SSSR count). The maximum Gasteiger partial charge on any atom is 0.227 e. The van der Waals surface area contributed by atoms with E-state index in [4.69, 9.17) is 0 Å². The van der Waals surface area contributed by atoms with Gasteiger partial charge in [0.1, 0.15) is 0 Å². The van der Waals surface area contributed by atoms with Gasteiger partial charge >= 0.3 is 0 Å². The van der Waals surface area contributed by atoms with Crippen molar-refractivity contribution in [2.45, 2.75) is 19.3 Å². The Labute approximate surface area is 125 Å². The van der Waals surface area contributed by atoms with Gasteiger partial charge in [0, 0.05) is 5.56 Å². The highest BCUT2D eigenvalue weighted by Crippen LogP contribution is 2.19. The topological polar surface area (TPSA) is 46.2 Å². The van der Waals surface area contributed by atoms with E-state index in [1.807, 2.05) is 55.5 Å². The Morgan fingerprint density at radius 2 is 1.52 bits per heavy atom. The van der Waals surface area contributed by atoms with Gasteiger partial charge in [0.05, 0.1) is 12.5 Å². The summed E-state index contributed by atoms with van der Waals surface area (Å²) in [6.45, 7) is 2.00. The SMILES string of the molecule is CCC(C(=O)NCC(=O)c1ccccc1)c1ccccc1. The van der Waals surface area contributed by atoms with Gasteiger partial charge in [-0.1, -0.05) is 67.6 Å². The molecule has 0 aliphatic rings. The molecule has 0 saturated carbocycles. The predicted molar refractivity (Wildman–Crippen MR) is 83.3 cm³/mol. The van der Waals surface area contributed by atoms with E-state index >= 15 is 0 Å². The summed E-state index contributed by atoms with van der Waals surface area (Å²) in [5.74, 6) is -0.394. The average molecular weight is 281 g/mol. The number of carbonyl (C=O) groups excluding carboxylic acids is 2. The minimum atomic E-state index is -0.213. The Hall–Kier alpha value is -2.42. The molecule has 1 atom stereocenters. The largest absolute Gasteiger partial charge is 0.348 e. The van der Waals surface area contributed by atoms with Crippen molar-refractivity contribution in [1.29, 1.82) is 0 Å². The third-order valence-corrected chi connectivity index (χ3v) is 3.45. The molecule has 108 valence electrons. The molecule has 1 amide bonds. The monoisotopic (exact) mass is 281 g/mol. The number of hydrogen-bond donors (Lipinski definition) is 1. The maximum atomic E-state index is 12.2. The van der Waals surface area contributed by atoms with Crippen LogP contribution in [0.1, 0.15) is 35.2 Å². The van der Waals surface area contributed by atoms with E-state index in [9.17, 15) is 9.59 Å². The van der Waals surface area contributed by atoms with Gasteiger partial charge in [0.2, 0.25) is 5.91 Å². The first-order valence-corrected chi connectivity index (χ1v) is 7.13. The van der Waals surface area contributed by atoms with E-state index in [0.717, 1.165) is 5.56 Å². The van der Waals surface area contributed by atoms with Crippen LogP contribution in [0.15, 0.2) is 60.7 Å². The smallest absolute Gasteiger partial charge is 0.227 e. The predicted octanol–water partition coefficient (Wildman–Crippen LogP) is 3.18. The molecular formula is C18H19NO2. The van der Waals surface area contributed by atoms with E-state index in [1.165, 1.54) is 0 Å². The second-order valence-corrected chi connectivity index (χ2v) is 4.88. The fourth-order valence-electron chi connectivity index (χ4n) is 2.27. The number of carbonyl (C=O) groups is 2. The van der Waals surface area contributed by atoms with Gasteiger partial charge in [-0.15, -0.1) is 0 Å². The maximum absolute atomic E-state index is 12.2. The Kier molecular flexibility index (Phi) is 5.27. The first kappa shape index (κ1) is 15.0. The van der Waals surface area contributed by atoms with Crippen LogP contribution in [-0.4, -0.2) is 18.2 Å². The highest BCUT2D eigenvalue weighted by Gasteiger charge is 2.19. The first-order valence-electron chi connectivity index (χ1n) is 7.13. The first-order chi connectivity index (χ1) is 10.2. The third kappa shape index (κ3) is 4.02. The number of hydrogen-bond acceptors (Lipinski definition) is 2. The van der Waals surface area contributed by atoms with Crippen molar-refractivity contribution in [2.75, 3.05) is 6.54 Å². The summed E-state index contributed by atoms with van der Waals surface area (Å²) < 4.78 is 0. The molecule has 0 bridgehead atoms. The summed E-state index contributed by atoms with van der Waals surface area (Å²) in [5.41, 5.74) is 1.59. The molecule has 1 unspecified atom stereocenters. The molecule has 1 N–H and O–H groups in total. The summed E-state index contributed by atoms with van der Waals surface area (Å²) in [7, 11) is 0. The normalized spacial score (nSPS) is 11.7. The van der Waals surface area contributed by atoms with Crippen LogP contribution in [0, 0.1) is 0 Å². The summed E-state index contributed by atoms with van der Waals surface area (Å²) in [6.07, 6.45) is 0.704. The number of amides is 1. The van der Waals surface area contributed by atoms with E-state index in [2.05, 4.69) is 5.32 Å². The molecule has 0 radical (unpaired) electrons. The molecule has 2 aromatic rings. The number of ketones is 1. The zero-order valence-electron chi connectivity index (χ0n) is 12.1. The molecule has 0 fully saturated rings. The van der Waals surface area contributed by atoms with Crippen LogP contribution < -0.4 is 5.32 Å². The molecule has 0 spiro atoms. The molecule has 0 aliphatic heterocycles. The molecule has 3 heteroatoms. The van der Waals surface area contributed by atoms with E-state index < -0.39 is 0 Å². The van der Waals surface area contributed by atoms with Gasteiger partial charge in [-0.3, -0.25) is 9.59 Å². The van der Waals surface area contributed by atoms with Crippen LogP contribution in [0.25, 0.3) is 0 Å². The summed E-state index contributed by atoms with van der Waals surface area (Å²) in [5, 5.41) is 2.74. The van der Waals surface area contributed by atoms with Gasteiger partial charge in [0.15, 0.2) is 5.78 Å². The summed E-state index contributed by atoms with van der Waals surface area (Å²) in [4.78, 5) is 24.2. The fourth-order valence-corrected chi connectivity index (χ4v) is 2.27. The Morgan fingerprint density at radius 3 is 2.10 bits per heavy atom. The minimum Gasteiger partial charge on any atom is -0.348 e. The number of Topliss-reactive ketones (excluding diaryl/α,β-unsaturated/α-hetero) is 1. The van der Waals surface area contributed by atoms with Crippen molar-refractivity contribution in [3.8, 4) is 0 Å². The van der Waals surface area contributed by atoms with E-state index in [0.29, 0.717) is 12.0 Å². The Balaban J connectivity index is 1.96. The lowest BCUT2D eigenvalue weighted by molar-refractivity contribution is -0.122. The molecule has 21 heavy (non-hydrogen) atoms. The van der Waals surface area contributed by atoms with Crippen molar-refractivity contribution >= 4 is 11.7 Å². The van der Waals surface area contributed by atoms with Crippen molar-refractivity contribution in [1.82, 2.24) is 5.32 Å². The van der Waals surface area contributed by atoms with Crippen LogP contribution in [0.3, 0.4) is 0 Å². The number of nitrogens with one attached hydrogen (secondary N) is 1. The molecule has 0 heterocycles. The van der Waals surface area contributed by atoms with Crippen LogP contribution >= 0.6 is 0 Å². The zero-order valence-corrected chi connectivity index (χ0v) is 12.1. The summed E-state index contributed by atoms with van der Waals surface area (Å²) >= 11 is 0. The minimum absolute atomic E-state index is 0.0339. The van der Waals surface area contributed by atoms with Crippen molar-refractivity contribution in [3.63, 3.8) is 0 Å². The van der Waals surface area contributed by atoms with Gasteiger partial charge < -0.3 is 5.32 Å². The standard InChI is InChI=1S/C18H19NO2/c1-2-16(14-9-5-3-6-10-14)18(21)19-13-17(20)15-11-7-4-8-12-15/h3-12,16H,2,13H2,1H3,(H,19,21). The van der Waals surface area contributed by atoms with Crippen molar-refractivity contribution in [2.24, 2.45) is 0 Å². The van der Waals surface area contributed by atoms with Crippen LogP contribution in [0.2, 0.25) is 0 Å². The zero-order chi connectivity index (χ0) is 15.1. The number of rotatable bonds is 6. The van der Waals surface area contributed by atoms with Gasteiger partial charge in [-0.25, -0.2) is 0 Å². The lowest BCUT2D eigenvalue weighted by Crippen LogP contribution is -2.33. The van der Waals surface area contributed by atoms with Crippen LogP contribution in [-0.2, 0) is 4.79 Å². The Bertz CT molecular complexity index is 593. The third-order valence-electron chi connectivity index (χ3n) is 3.45. The summed E-state index contributed by atoms with van der Waals surface area (Å²) in [6, 6.07) is 18.6. The molecule has 0 aromatic heterocycles. The Morgan fingerprint density at radius 1 is 0.952 bits per heavy atom. The fraction of sp³-hybridized carbons (Fsp3) is 0.222. The molecule has 3 nitrogen and oxygen atoms in total. The highest BCUT2D eigenvalue weighted by molar-refractivity contribution is 5.99. The molecular weight excluding hydrogens is 262 g/mol.